The van der Waals surface area contributed by atoms with E-state index in [0.717, 1.165) is 11.0 Å². The molecule has 1 aliphatic rings. The van der Waals surface area contributed by atoms with Crippen LogP contribution in [0.25, 0.3) is 11.0 Å². The summed E-state index contributed by atoms with van der Waals surface area (Å²) in [5.41, 5.74) is 3.45. The van der Waals surface area contributed by atoms with Gasteiger partial charge in [0.2, 0.25) is 0 Å². The standard InChI is InChI=1S/C14H8O2.C8H6N2O/c15-13-9-5-1-2-6-10(9)14(16)12-8-4-3-7-11(12)13;11-8-5-9-6-3-1-2-4-7(6)10-8/h1-8H;1-5H,(H,10,11). The highest BCUT2D eigenvalue weighted by atomic mass is 16.1. The molecule has 0 radical (unpaired) electrons. The molecule has 0 atom stereocenters. The third-order valence-electron chi connectivity index (χ3n) is 4.32. The number of H-pyrrole nitrogens is 1. The molecule has 3 aromatic carbocycles. The van der Waals surface area contributed by atoms with Crippen molar-refractivity contribution in [1.82, 2.24) is 9.97 Å². The zero-order valence-electron chi connectivity index (χ0n) is 14.2. The van der Waals surface area contributed by atoms with E-state index in [0.29, 0.717) is 22.3 Å². The van der Waals surface area contributed by atoms with Crippen LogP contribution >= 0.6 is 0 Å². The molecule has 0 amide bonds. The lowest BCUT2D eigenvalue weighted by molar-refractivity contribution is 0.0979. The number of para-hydroxylation sites is 2. The van der Waals surface area contributed by atoms with Gasteiger partial charge in [-0.1, -0.05) is 60.7 Å². The summed E-state index contributed by atoms with van der Waals surface area (Å²) >= 11 is 0. The molecule has 0 fully saturated rings. The summed E-state index contributed by atoms with van der Waals surface area (Å²) < 4.78 is 0. The fourth-order valence-corrected chi connectivity index (χ4v) is 3.03. The van der Waals surface area contributed by atoms with Gasteiger partial charge < -0.3 is 4.98 Å². The Kier molecular flexibility index (Phi) is 4.18. The lowest BCUT2D eigenvalue weighted by Crippen LogP contribution is -2.20. The highest BCUT2D eigenvalue weighted by Gasteiger charge is 2.28. The molecule has 0 spiro atoms. The van der Waals surface area contributed by atoms with Crippen LogP contribution in [0.5, 0.6) is 0 Å². The van der Waals surface area contributed by atoms with Crippen LogP contribution in [-0.2, 0) is 0 Å². The first kappa shape index (κ1) is 16.6. The van der Waals surface area contributed by atoms with E-state index in [4.69, 9.17) is 0 Å². The number of rotatable bonds is 0. The van der Waals surface area contributed by atoms with Crippen molar-refractivity contribution in [2.45, 2.75) is 0 Å². The van der Waals surface area contributed by atoms with Gasteiger partial charge in [0.25, 0.3) is 5.56 Å². The van der Waals surface area contributed by atoms with Gasteiger partial charge in [-0.3, -0.25) is 14.4 Å². The number of aromatic amines is 1. The number of nitrogens with one attached hydrogen (secondary N) is 1. The Bertz CT molecular complexity index is 1140. The highest BCUT2D eigenvalue weighted by molar-refractivity contribution is 6.28. The maximum absolute atomic E-state index is 12.1. The second kappa shape index (κ2) is 6.80. The van der Waals surface area contributed by atoms with E-state index in [1.165, 1.54) is 6.20 Å². The minimum atomic E-state index is -0.163. The quantitative estimate of drug-likeness (QED) is 0.462. The predicted octanol–water partition coefficient (Wildman–Crippen LogP) is 3.39. The molecule has 5 nitrogen and oxygen atoms in total. The summed E-state index contributed by atoms with van der Waals surface area (Å²) in [6, 6.07) is 21.3. The van der Waals surface area contributed by atoms with Crippen LogP contribution in [0.15, 0.2) is 83.8 Å². The van der Waals surface area contributed by atoms with E-state index in [9.17, 15) is 14.4 Å². The molecule has 5 rings (SSSR count). The van der Waals surface area contributed by atoms with Crippen LogP contribution < -0.4 is 5.56 Å². The van der Waals surface area contributed by atoms with Crippen molar-refractivity contribution in [3.8, 4) is 0 Å². The van der Waals surface area contributed by atoms with Gasteiger partial charge in [0.15, 0.2) is 11.6 Å². The third-order valence-corrected chi connectivity index (χ3v) is 4.32. The van der Waals surface area contributed by atoms with E-state index >= 15 is 0 Å². The number of benzene rings is 3. The highest BCUT2D eigenvalue weighted by Crippen LogP contribution is 2.26. The number of nitrogens with zero attached hydrogens (tertiary/aromatic N) is 1. The molecule has 0 saturated heterocycles. The van der Waals surface area contributed by atoms with Crippen LogP contribution in [0.3, 0.4) is 0 Å². The largest absolute Gasteiger partial charge is 0.319 e. The topological polar surface area (TPSA) is 79.9 Å². The van der Waals surface area contributed by atoms with Crippen molar-refractivity contribution < 1.29 is 9.59 Å². The molecule has 4 aromatic rings. The SMILES string of the molecule is O=C1c2ccccc2C(=O)c2ccccc21.O=c1cnc2ccccc2[nH]1. The molecule has 27 heavy (non-hydrogen) atoms. The van der Waals surface area contributed by atoms with Crippen LogP contribution in [0.4, 0.5) is 0 Å². The molecule has 1 heterocycles. The molecule has 1 aromatic heterocycles. The number of ketones is 2. The second-order valence-corrected chi connectivity index (χ2v) is 6.01. The lowest BCUT2D eigenvalue weighted by atomic mass is 9.84. The van der Waals surface area contributed by atoms with Crippen molar-refractivity contribution in [1.29, 1.82) is 0 Å². The van der Waals surface area contributed by atoms with Crippen molar-refractivity contribution >= 4 is 22.6 Å². The molecule has 1 N–H and O–H groups in total. The monoisotopic (exact) mass is 354 g/mol. The zero-order chi connectivity index (χ0) is 18.8. The molecule has 130 valence electrons. The maximum Gasteiger partial charge on any atom is 0.266 e. The predicted molar refractivity (Wildman–Crippen MR) is 102 cm³/mol. The second-order valence-electron chi connectivity index (χ2n) is 6.01. The Morgan fingerprint density at radius 2 is 1.04 bits per heavy atom. The molecule has 0 aliphatic heterocycles. The van der Waals surface area contributed by atoms with Gasteiger partial charge in [0.05, 0.1) is 17.2 Å². The Morgan fingerprint density at radius 3 is 1.56 bits per heavy atom. The molecule has 1 aliphatic carbocycles. The first-order valence-corrected chi connectivity index (χ1v) is 8.36. The van der Waals surface area contributed by atoms with Gasteiger partial charge in [0.1, 0.15) is 0 Å². The first-order chi connectivity index (χ1) is 13.1. The Labute approximate surface area is 154 Å². The normalized spacial score (nSPS) is 12.0. The Hall–Kier alpha value is -3.86. The van der Waals surface area contributed by atoms with Crippen molar-refractivity contribution in [3.63, 3.8) is 0 Å². The van der Waals surface area contributed by atoms with Gasteiger partial charge in [-0.05, 0) is 12.1 Å². The summed E-state index contributed by atoms with van der Waals surface area (Å²) in [5, 5.41) is 0. The minimum absolute atomic E-state index is 0.0641. The average Bonchev–Trinajstić information content (AvgIpc) is 2.72. The summed E-state index contributed by atoms with van der Waals surface area (Å²) in [6.45, 7) is 0. The molecule has 5 heteroatoms. The first-order valence-electron chi connectivity index (χ1n) is 8.36. The Morgan fingerprint density at radius 1 is 0.593 bits per heavy atom. The van der Waals surface area contributed by atoms with E-state index < -0.39 is 0 Å². The third kappa shape index (κ3) is 3.06. The van der Waals surface area contributed by atoms with Crippen molar-refractivity contribution in [3.05, 3.63) is 112 Å². The summed E-state index contributed by atoms with van der Waals surface area (Å²) in [4.78, 5) is 41.6. The van der Waals surface area contributed by atoms with E-state index in [-0.39, 0.29) is 17.1 Å². The van der Waals surface area contributed by atoms with Crippen LogP contribution in [-0.4, -0.2) is 21.5 Å². The number of aromatic nitrogens is 2. The number of hydrogen-bond acceptors (Lipinski definition) is 4. The van der Waals surface area contributed by atoms with Crippen LogP contribution in [0, 0.1) is 0 Å². The fourth-order valence-electron chi connectivity index (χ4n) is 3.03. The van der Waals surface area contributed by atoms with E-state index in [1.54, 1.807) is 48.5 Å². The zero-order valence-corrected chi connectivity index (χ0v) is 14.2. The summed E-state index contributed by atoms with van der Waals surface area (Å²) in [7, 11) is 0. The smallest absolute Gasteiger partial charge is 0.266 e. The van der Waals surface area contributed by atoms with Gasteiger partial charge in [-0.2, -0.15) is 0 Å². The minimum Gasteiger partial charge on any atom is -0.319 e. The van der Waals surface area contributed by atoms with Crippen LogP contribution in [0.1, 0.15) is 31.8 Å². The summed E-state index contributed by atoms with van der Waals surface area (Å²) in [5.74, 6) is -0.128. The number of hydrogen-bond donors (Lipinski definition) is 1. The number of fused-ring (bicyclic) bond motifs is 3. The molecule has 0 saturated carbocycles. The van der Waals surface area contributed by atoms with Crippen molar-refractivity contribution in [2.24, 2.45) is 0 Å². The van der Waals surface area contributed by atoms with E-state index in [1.807, 2.05) is 24.3 Å². The molecule has 0 bridgehead atoms. The van der Waals surface area contributed by atoms with Crippen molar-refractivity contribution in [2.75, 3.05) is 0 Å². The molecular formula is C22H14N2O3. The number of carbonyl (C=O) groups excluding carboxylic acids is 2. The number of carbonyl (C=O) groups is 2. The fraction of sp³-hybridized carbons (Fsp3) is 0. The van der Waals surface area contributed by atoms with Gasteiger partial charge in [-0.15, -0.1) is 0 Å². The maximum atomic E-state index is 12.1. The molecule has 0 unspecified atom stereocenters. The van der Waals surface area contributed by atoms with Gasteiger partial charge >= 0.3 is 0 Å². The molecular weight excluding hydrogens is 340 g/mol. The summed E-state index contributed by atoms with van der Waals surface area (Å²) in [6.07, 6.45) is 1.28. The van der Waals surface area contributed by atoms with Gasteiger partial charge in [0, 0.05) is 22.3 Å². The lowest BCUT2D eigenvalue weighted by Gasteiger charge is -2.16. The average molecular weight is 354 g/mol. The van der Waals surface area contributed by atoms with Gasteiger partial charge in [-0.25, -0.2) is 4.98 Å². The Balaban J connectivity index is 0.000000143. The van der Waals surface area contributed by atoms with E-state index in [2.05, 4.69) is 9.97 Å². The van der Waals surface area contributed by atoms with Crippen LogP contribution in [0.2, 0.25) is 0 Å².